The van der Waals surface area contributed by atoms with Crippen molar-refractivity contribution >= 4 is 5.78 Å². The summed E-state index contributed by atoms with van der Waals surface area (Å²) in [4.78, 5) is 14.8. The maximum absolute atomic E-state index is 15.1. The first kappa shape index (κ1) is 20.5. The second-order valence-electron chi connectivity index (χ2n) is 9.69. The van der Waals surface area contributed by atoms with E-state index in [0.29, 0.717) is 22.9 Å². The quantitative estimate of drug-likeness (QED) is 0.508. The Bertz CT molecular complexity index is 1280. The number of aromatic nitrogens is 7. The predicted molar refractivity (Wildman–Crippen MR) is 116 cm³/mol. The molecule has 0 amide bonds. The van der Waals surface area contributed by atoms with Gasteiger partial charge in [-0.15, -0.1) is 4.80 Å². The number of fused-ring (bicyclic) bond motifs is 1. The zero-order valence-electron chi connectivity index (χ0n) is 18.4. The number of piperidine rings is 1. The van der Waals surface area contributed by atoms with Crippen molar-refractivity contribution < 1.29 is 9.50 Å². The van der Waals surface area contributed by atoms with Crippen molar-refractivity contribution in [3.8, 4) is 22.8 Å². The molecule has 0 aliphatic carbocycles. The molecule has 9 nitrogen and oxygen atoms in total. The standard InChI is InChI=1S/C22H25FN8O/c1-21(2)8-13(9-22(3,4)29-21)18-15(23)11-30-12-16(27-20(30)28-18)19-17(32)7-14(10-24-19)31-25-5-6-26-31/h5-7,10-13,29,32H,8-9H2,1-4H3. The minimum atomic E-state index is -0.364. The average Bonchev–Trinajstić information content (AvgIpc) is 3.34. The van der Waals surface area contributed by atoms with Crippen LogP contribution >= 0.6 is 0 Å². The summed E-state index contributed by atoms with van der Waals surface area (Å²) in [7, 11) is 0. The van der Waals surface area contributed by atoms with Crippen molar-refractivity contribution in [1.29, 1.82) is 0 Å². The van der Waals surface area contributed by atoms with Gasteiger partial charge >= 0.3 is 0 Å². The number of halogens is 1. The molecule has 0 unspecified atom stereocenters. The molecular formula is C22H25FN8O. The molecule has 0 saturated carbocycles. The molecular weight excluding hydrogens is 411 g/mol. The van der Waals surface area contributed by atoms with Crippen LogP contribution in [0.5, 0.6) is 5.75 Å². The molecule has 4 aromatic rings. The molecule has 10 heteroatoms. The van der Waals surface area contributed by atoms with E-state index in [2.05, 4.69) is 58.2 Å². The largest absolute Gasteiger partial charge is 0.506 e. The minimum Gasteiger partial charge on any atom is -0.506 e. The molecule has 32 heavy (non-hydrogen) atoms. The maximum atomic E-state index is 15.1. The summed E-state index contributed by atoms with van der Waals surface area (Å²) in [6, 6.07) is 1.50. The van der Waals surface area contributed by atoms with Gasteiger partial charge in [0.1, 0.15) is 22.8 Å². The molecule has 5 heterocycles. The molecule has 4 aromatic heterocycles. The van der Waals surface area contributed by atoms with Crippen LogP contribution in [0.15, 0.2) is 37.1 Å². The third-order valence-electron chi connectivity index (χ3n) is 5.75. The normalized spacial score (nSPS) is 18.3. The zero-order chi connectivity index (χ0) is 22.7. The molecule has 1 aliphatic heterocycles. The fourth-order valence-electron chi connectivity index (χ4n) is 4.93. The van der Waals surface area contributed by atoms with E-state index in [1.54, 1.807) is 6.20 Å². The Morgan fingerprint density at radius 2 is 1.75 bits per heavy atom. The summed E-state index contributed by atoms with van der Waals surface area (Å²) in [6.45, 7) is 8.51. The molecule has 0 aromatic carbocycles. The highest BCUT2D eigenvalue weighted by molar-refractivity contribution is 5.65. The molecule has 1 aliphatic rings. The highest BCUT2D eigenvalue weighted by Gasteiger charge is 2.39. The number of hydrogen-bond acceptors (Lipinski definition) is 7. The first-order valence-corrected chi connectivity index (χ1v) is 10.5. The Labute approximate surface area is 184 Å². The summed E-state index contributed by atoms with van der Waals surface area (Å²) in [6.07, 6.45) is 9.17. The van der Waals surface area contributed by atoms with E-state index in [4.69, 9.17) is 0 Å². The molecule has 1 saturated heterocycles. The number of rotatable bonds is 3. The summed E-state index contributed by atoms with van der Waals surface area (Å²) in [5.41, 5.74) is 1.36. The molecule has 1 fully saturated rings. The highest BCUT2D eigenvalue weighted by atomic mass is 19.1. The van der Waals surface area contributed by atoms with E-state index < -0.39 is 0 Å². The fourth-order valence-corrected chi connectivity index (χ4v) is 4.93. The molecule has 0 spiro atoms. The molecule has 2 N–H and O–H groups in total. The van der Waals surface area contributed by atoms with Gasteiger partial charge in [0.25, 0.3) is 0 Å². The molecule has 0 bridgehead atoms. The summed E-state index contributed by atoms with van der Waals surface area (Å²) < 4.78 is 16.6. The van der Waals surface area contributed by atoms with E-state index in [0.717, 1.165) is 12.8 Å². The predicted octanol–water partition coefficient (Wildman–Crippen LogP) is 3.24. The van der Waals surface area contributed by atoms with Gasteiger partial charge in [0.15, 0.2) is 5.82 Å². The Balaban J connectivity index is 1.52. The highest BCUT2D eigenvalue weighted by Crippen LogP contribution is 2.39. The maximum Gasteiger partial charge on any atom is 0.234 e. The van der Waals surface area contributed by atoms with Crippen LogP contribution in [0.1, 0.15) is 52.1 Å². The molecule has 166 valence electrons. The van der Waals surface area contributed by atoms with Crippen molar-refractivity contribution in [1.82, 2.24) is 39.7 Å². The van der Waals surface area contributed by atoms with Crippen LogP contribution in [0.2, 0.25) is 0 Å². The lowest BCUT2D eigenvalue weighted by atomic mass is 9.74. The van der Waals surface area contributed by atoms with Gasteiger partial charge in [-0.2, -0.15) is 10.2 Å². The lowest BCUT2D eigenvalue weighted by molar-refractivity contribution is 0.158. The van der Waals surface area contributed by atoms with Gasteiger partial charge in [0.2, 0.25) is 5.78 Å². The van der Waals surface area contributed by atoms with Gasteiger partial charge < -0.3 is 10.4 Å². The Kier molecular flexibility index (Phi) is 4.52. The van der Waals surface area contributed by atoms with Crippen LogP contribution in [0.4, 0.5) is 4.39 Å². The fraction of sp³-hybridized carbons (Fsp3) is 0.409. The van der Waals surface area contributed by atoms with Crippen LogP contribution in [0.25, 0.3) is 22.9 Å². The van der Waals surface area contributed by atoms with Crippen LogP contribution < -0.4 is 5.32 Å². The van der Waals surface area contributed by atoms with Crippen molar-refractivity contribution in [3.63, 3.8) is 0 Å². The third-order valence-corrected chi connectivity index (χ3v) is 5.75. The zero-order valence-corrected chi connectivity index (χ0v) is 18.4. The second kappa shape index (κ2) is 7.06. The number of imidazole rings is 1. The third kappa shape index (κ3) is 3.70. The first-order chi connectivity index (χ1) is 15.1. The molecule has 0 radical (unpaired) electrons. The molecule has 5 rings (SSSR count). The SMILES string of the molecule is CC1(C)CC(c2nc3nc(-c4ncc(-n5nccn5)cc4O)cn3cc2F)CC(C)(C)N1. The van der Waals surface area contributed by atoms with Gasteiger partial charge in [-0.05, 0) is 40.5 Å². The van der Waals surface area contributed by atoms with E-state index in [9.17, 15) is 5.11 Å². The minimum absolute atomic E-state index is 0.0289. The van der Waals surface area contributed by atoms with Crippen molar-refractivity contribution in [2.45, 2.75) is 57.5 Å². The number of aromatic hydroxyl groups is 1. The van der Waals surface area contributed by atoms with Gasteiger partial charge in [-0.3, -0.25) is 4.40 Å². The van der Waals surface area contributed by atoms with Crippen molar-refractivity contribution in [2.75, 3.05) is 0 Å². The van der Waals surface area contributed by atoms with Crippen LogP contribution in [0, 0.1) is 5.82 Å². The van der Waals surface area contributed by atoms with Crippen LogP contribution in [-0.2, 0) is 0 Å². The first-order valence-electron chi connectivity index (χ1n) is 10.5. The number of pyridine rings is 1. The van der Waals surface area contributed by atoms with Gasteiger partial charge in [-0.1, -0.05) is 0 Å². The summed E-state index contributed by atoms with van der Waals surface area (Å²) >= 11 is 0. The topological polar surface area (TPSA) is 106 Å². The smallest absolute Gasteiger partial charge is 0.234 e. The average molecular weight is 436 g/mol. The van der Waals surface area contributed by atoms with E-state index in [-0.39, 0.29) is 34.3 Å². The number of nitrogens with zero attached hydrogens (tertiary/aromatic N) is 7. The Morgan fingerprint density at radius 1 is 1.06 bits per heavy atom. The van der Waals surface area contributed by atoms with E-state index in [1.165, 1.54) is 40.1 Å². The summed E-state index contributed by atoms with van der Waals surface area (Å²) in [5.74, 6) is -0.105. The van der Waals surface area contributed by atoms with Gasteiger partial charge in [0.05, 0.1) is 24.3 Å². The monoisotopic (exact) mass is 436 g/mol. The number of hydrogen-bond donors (Lipinski definition) is 2. The Morgan fingerprint density at radius 3 is 2.41 bits per heavy atom. The Hall–Kier alpha value is -3.40. The van der Waals surface area contributed by atoms with Gasteiger partial charge in [0, 0.05) is 35.5 Å². The van der Waals surface area contributed by atoms with Crippen molar-refractivity contribution in [2.24, 2.45) is 0 Å². The second-order valence-corrected chi connectivity index (χ2v) is 9.69. The van der Waals surface area contributed by atoms with Crippen molar-refractivity contribution in [3.05, 3.63) is 48.6 Å². The van der Waals surface area contributed by atoms with E-state index >= 15 is 4.39 Å². The van der Waals surface area contributed by atoms with E-state index in [1.807, 2.05) is 0 Å². The lowest BCUT2D eigenvalue weighted by Gasteiger charge is -2.46. The molecule has 0 atom stereocenters. The van der Waals surface area contributed by atoms with Gasteiger partial charge in [-0.25, -0.2) is 19.3 Å². The summed E-state index contributed by atoms with van der Waals surface area (Å²) in [5, 5.41) is 22.2. The van der Waals surface area contributed by atoms with Crippen LogP contribution in [0.3, 0.4) is 0 Å². The van der Waals surface area contributed by atoms with Crippen LogP contribution in [-0.4, -0.2) is 50.5 Å². The number of nitrogens with one attached hydrogen (secondary N) is 1. The lowest BCUT2D eigenvalue weighted by Crippen LogP contribution is -2.57.